The van der Waals surface area contributed by atoms with Crippen LogP contribution in [0.25, 0.3) is 0 Å². The van der Waals surface area contributed by atoms with Gasteiger partial charge < -0.3 is 5.73 Å². The normalized spacial score (nSPS) is 11.0. The molecule has 0 fully saturated rings. The van der Waals surface area contributed by atoms with E-state index in [-0.39, 0.29) is 13.1 Å². The Kier molecular flexibility index (Phi) is 6.21. The summed E-state index contributed by atoms with van der Waals surface area (Å²) in [6.07, 6.45) is 0. The first-order chi connectivity index (χ1) is 14.1. The summed E-state index contributed by atoms with van der Waals surface area (Å²) in [6.45, 7) is 0.190. The first kappa shape index (κ1) is 20.0. The van der Waals surface area contributed by atoms with Crippen molar-refractivity contribution in [2.45, 2.75) is 5.54 Å². The molecule has 0 heterocycles. The highest BCUT2D eigenvalue weighted by Crippen LogP contribution is 2.36. The summed E-state index contributed by atoms with van der Waals surface area (Å²) in [7, 11) is 0. The van der Waals surface area contributed by atoms with Gasteiger partial charge in [-0.2, -0.15) is 0 Å². The van der Waals surface area contributed by atoms with Gasteiger partial charge in [0.25, 0.3) is 5.96 Å². The Labute approximate surface area is 169 Å². The highest BCUT2D eigenvalue weighted by molar-refractivity contribution is 5.73. The summed E-state index contributed by atoms with van der Waals surface area (Å²) < 4.78 is 0. The third-order valence-corrected chi connectivity index (χ3v) is 4.81. The van der Waals surface area contributed by atoms with Gasteiger partial charge in [0.1, 0.15) is 6.54 Å². The lowest BCUT2D eigenvalue weighted by Crippen LogP contribution is -2.50. The van der Waals surface area contributed by atoms with Crippen LogP contribution in [-0.2, 0) is 5.54 Å². The number of nitro groups is 1. The van der Waals surface area contributed by atoms with Crippen molar-refractivity contribution in [1.82, 2.24) is 10.3 Å². The summed E-state index contributed by atoms with van der Waals surface area (Å²) in [5.41, 5.74) is 7.66. The second-order valence-corrected chi connectivity index (χ2v) is 6.52. The highest BCUT2D eigenvalue weighted by Gasteiger charge is 2.36. The zero-order valence-corrected chi connectivity index (χ0v) is 15.9. The van der Waals surface area contributed by atoms with Crippen LogP contribution in [0.4, 0.5) is 0 Å². The number of hydrogen-bond donors (Lipinski definition) is 3. The molecule has 3 rings (SSSR count). The van der Waals surface area contributed by atoms with E-state index >= 15 is 0 Å². The van der Waals surface area contributed by atoms with Crippen molar-refractivity contribution in [2.24, 2.45) is 5.73 Å². The summed E-state index contributed by atoms with van der Waals surface area (Å²) in [6, 6.07) is 29.9. The molecule has 29 heavy (non-hydrogen) atoms. The second-order valence-electron chi connectivity index (χ2n) is 6.52. The highest BCUT2D eigenvalue weighted by atomic mass is 16.7. The predicted molar refractivity (Wildman–Crippen MR) is 113 cm³/mol. The molecule has 0 bridgehead atoms. The van der Waals surface area contributed by atoms with Gasteiger partial charge in [0, 0.05) is 6.54 Å². The molecule has 0 aliphatic rings. The number of guanidine groups is 1. The van der Waals surface area contributed by atoms with Crippen LogP contribution in [0.1, 0.15) is 16.7 Å². The number of nitrogens with zero attached hydrogens (tertiary/aromatic N) is 2. The van der Waals surface area contributed by atoms with Gasteiger partial charge in [0.15, 0.2) is 5.03 Å². The molecule has 7 nitrogen and oxygen atoms in total. The fourth-order valence-corrected chi connectivity index (χ4v) is 3.51. The van der Waals surface area contributed by atoms with Crippen molar-refractivity contribution in [3.8, 4) is 0 Å². The molecular weight excluding hydrogens is 366 g/mol. The van der Waals surface area contributed by atoms with Crippen molar-refractivity contribution < 1.29 is 5.03 Å². The standard InChI is InChI=1S/C22H23N5O2/c23-21(24)26(27(28)29)17-16-25-22(18-10-4-1-5-11-18,19-12-6-2-7-13-19)20-14-8-3-9-15-20/h1-15,25H,16-17H2,(H3,23,24). The zero-order chi connectivity index (χ0) is 20.7. The molecule has 0 amide bonds. The van der Waals surface area contributed by atoms with E-state index in [0.717, 1.165) is 16.7 Å². The molecule has 0 aliphatic heterocycles. The molecule has 0 spiro atoms. The molecule has 0 atom stereocenters. The summed E-state index contributed by atoms with van der Waals surface area (Å²) in [5.74, 6) is -0.596. The van der Waals surface area contributed by atoms with Gasteiger partial charge in [0.05, 0.1) is 5.54 Å². The van der Waals surface area contributed by atoms with E-state index in [1.807, 2.05) is 91.0 Å². The Morgan fingerprint density at radius 1 is 0.897 bits per heavy atom. The van der Waals surface area contributed by atoms with Gasteiger partial charge >= 0.3 is 0 Å². The molecule has 3 aromatic carbocycles. The van der Waals surface area contributed by atoms with E-state index in [1.54, 1.807) is 0 Å². The number of benzene rings is 3. The van der Waals surface area contributed by atoms with Crippen molar-refractivity contribution >= 4 is 5.96 Å². The van der Waals surface area contributed by atoms with Crippen molar-refractivity contribution in [2.75, 3.05) is 13.1 Å². The van der Waals surface area contributed by atoms with Crippen LogP contribution in [0.3, 0.4) is 0 Å². The second kappa shape index (κ2) is 8.99. The number of nitrogens with two attached hydrogens (primary N) is 1. The average Bonchev–Trinajstić information content (AvgIpc) is 2.75. The van der Waals surface area contributed by atoms with Gasteiger partial charge in [-0.3, -0.25) is 10.7 Å². The summed E-state index contributed by atoms with van der Waals surface area (Å²) >= 11 is 0. The molecule has 0 saturated heterocycles. The maximum Gasteiger partial charge on any atom is 0.252 e. The van der Waals surface area contributed by atoms with Crippen LogP contribution in [0.5, 0.6) is 0 Å². The SMILES string of the molecule is N=C(N)N(CCNC(c1ccccc1)(c1ccccc1)c1ccccc1)[N+](=O)[O-]. The van der Waals surface area contributed by atoms with Gasteiger partial charge in [-0.25, -0.2) is 10.1 Å². The molecule has 0 aromatic heterocycles. The van der Waals surface area contributed by atoms with E-state index in [4.69, 9.17) is 11.1 Å². The quantitative estimate of drug-likeness (QED) is 0.180. The Morgan fingerprint density at radius 3 is 1.59 bits per heavy atom. The van der Waals surface area contributed by atoms with Crippen molar-refractivity contribution in [3.05, 3.63) is 118 Å². The number of nitrogens with one attached hydrogen (secondary N) is 2. The van der Waals surface area contributed by atoms with Gasteiger partial charge in [-0.05, 0) is 16.7 Å². The van der Waals surface area contributed by atoms with E-state index < -0.39 is 16.5 Å². The Bertz CT molecular complexity index is 838. The Balaban J connectivity index is 2.08. The van der Waals surface area contributed by atoms with E-state index in [2.05, 4.69) is 5.32 Å². The smallest absolute Gasteiger partial charge is 0.252 e. The van der Waals surface area contributed by atoms with Gasteiger partial charge in [-0.1, -0.05) is 96.0 Å². The molecule has 7 heteroatoms. The molecule has 0 aliphatic carbocycles. The molecule has 4 N–H and O–H groups in total. The van der Waals surface area contributed by atoms with Crippen LogP contribution in [0.2, 0.25) is 0 Å². The Morgan fingerprint density at radius 2 is 1.28 bits per heavy atom. The first-order valence-electron chi connectivity index (χ1n) is 9.23. The van der Waals surface area contributed by atoms with Gasteiger partial charge in [0.2, 0.25) is 0 Å². The van der Waals surface area contributed by atoms with Crippen LogP contribution >= 0.6 is 0 Å². The molecule has 0 unspecified atom stereocenters. The molecule has 148 valence electrons. The minimum absolute atomic E-state index is 0.0451. The number of hydrazine groups is 1. The molecular formula is C22H23N5O2. The topological polar surface area (TPSA) is 108 Å². The molecule has 3 aromatic rings. The monoisotopic (exact) mass is 389 g/mol. The maximum absolute atomic E-state index is 11.2. The largest absolute Gasteiger partial charge is 0.365 e. The van der Waals surface area contributed by atoms with Crippen molar-refractivity contribution in [3.63, 3.8) is 0 Å². The molecule has 0 radical (unpaired) electrons. The zero-order valence-electron chi connectivity index (χ0n) is 15.9. The lowest BCUT2D eigenvalue weighted by atomic mass is 9.77. The van der Waals surface area contributed by atoms with E-state index in [9.17, 15) is 10.1 Å². The predicted octanol–water partition coefficient (Wildman–Crippen LogP) is 2.96. The lowest BCUT2D eigenvalue weighted by Gasteiger charge is -2.37. The number of hydrogen-bond acceptors (Lipinski definition) is 4. The third kappa shape index (κ3) is 4.25. The average molecular weight is 389 g/mol. The summed E-state index contributed by atoms with van der Waals surface area (Å²) in [5, 5.41) is 22.1. The molecule has 0 saturated carbocycles. The Hall–Kier alpha value is -3.71. The van der Waals surface area contributed by atoms with E-state index in [0.29, 0.717) is 5.01 Å². The number of rotatable bonds is 8. The van der Waals surface area contributed by atoms with Crippen LogP contribution in [0.15, 0.2) is 91.0 Å². The van der Waals surface area contributed by atoms with Crippen LogP contribution in [-0.4, -0.2) is 29.1 Å². The summed E-state index contributed by atoms with van der Waals surface area (Å²) in [4.78, 5) is 11.2. The van der Waals surface area contributed by atoms with E-state index in [1.165, 1.54) is 0 Å². The lowest BCUT2D eigenvalue weighted by molar-refractivity contribution is -0.629. The minimum atomic E-state index is -0.719. The fraction of sp³-hybridized carbons (Fsp3) is 0.136. The fourth-order valence-electron chi connectivity index (χ4n) is 3.51. The minimum Gasteiger partial charge on any atom is -0.365 e. The maximum atomic E-state index is 11.2. The first-order valence-corrected chi connectivity index (χ1v) is 9.23. The van der Waals surface area contributed by atoms with Crippen molar-refractivity contribution in [1.29, 1.82) is 5.41 Å². The third-order valence-electron chi connectivity index (χ3n) is 4.81. The van der Waals surface area contributed by atoms with Crippen LogP contribution < -0.4 is 11.1 Å². The van der Waals surface area contributed by atoms with Gasteiger partial charge in [-0.15, -0.1) is 0 Å². The van der Waals surface area contributed by atoms with Crippen LogP contribution in [0, 0.1) is 15.5 Å².